The molecular formula is C24H25N5O. The molecule has 0 radical (unpaired) electrons. The van der Waals surface area contributed by atoms with E-state index in [0.29, 0.717) is 6.42 Å². The predicted molar refractivity (Wildman–Crippen MR) is 117 cm³/mol. The molecule has 1 unspecified atom stereocenters. The fraction of sp³-hybridized carbons (Fsp3) is 0.292. The van der Waals surface area contributed by atoms with Gasteiger partial charge in [-0.25, -0.2) is 9.97 Å². The average molecular weight is 399 g/mol. The molecule has 0 aliphatic carbocycles. The number of aryl methyl sites for hydroxylation is 1. The highest BCUT2D eigenvalue weighted by molar-refractivity contribution is 5.88. The third kappa shape index (κ3) is 3.49. The summed E-state index contributed by atoms with van der Waals surface area (Å²) in [4.78, 5) is 27.5. The van der Waals surface area contributed by atoms with E-state index in [2.05, 4.69) is 22.1 Å². The molecule has 6 nitrogen and oxygen atoms in total. The molecule has 1 amide bonds. The van der Waals surface area contributed by atoms with Crippen molar-refractivity contribution in [2.24, 2.45) is 0 Å². The van der Waals surface area contributed by atoms with Crippen molar-refractivity contribution in [2.75, 3.05) is 13.1 Å². The second-order valence-corrected chi connectivity index (χ2v) is 7.98. The van der Waals surface area contributed by atoms with E-state index >= 15 is 0 Å². The van der Waals surface area contributed by atoms with Crippen molar-refractivity contribution in [2.45, 2.75) is 32.1 Å². The Morgan fingerprint density at radius 2 is 2.10 bits per heavy atom. The van der Waals surface area contributed by atoms with Gasteiger partial charge in [0.15, 0.2) is 0 Å². The highest BCUT2D eigenvalue weighted by Gasteiger charge is 2.26. The van der Waals surface area contributed by atoms with Crippen molar-refractivity contribution >= 4 is 16.8 Å². The standard InChI is InChI=1S/C24H25N5O/c1-17-25-11-13-29(17)23-10-4-9-21(27-23)18-6-5-12-28(16-18)24(30)14-19-15-26-22-8-3-2-7-20(19)22/h2-4,7-11,13,15,18,26H,5-6,12,14,16H2,1H3. The van der Waals surface area contributed by atoms with Crippen LogP contribution in [0.5, 0.6) is 0 Å². The third-order valence-electron chi connectivity index (χ3n) is 6.04. The lowest BCUT2D eigenvalue weighted by atomic mass is 9.93. The molecule has 6 heteroatoms. The number of imidazole rings is 1. The zero-order valence-corrected chi connectivity index (χ0v) is 17.1. The van der Waals surface area contributed by atoms with Crippen LogP contribution in [0.15, 0.2) is 61.1 Å². The summed E-state index contributed by atoms with van der Waals surface area (Å²) in [5, 5.41) is 1.13. The largest absolute Gasteiger partial charge is 0.361 e. The maximum absolute atomic E-state index is 13.1. The Labute approximate surface area is 175 Å². The number of nitrogens with one attached hydrogen (secondary N) is 1. The quantitative estimate of drug-likeness (QED) is 0.564. The average Bonchev–Trinajstić information content (AvgIpc) is 3.40. The molecule has 4 heterocycles. The molecule has 1 aromatic carbocycles. The fourth-order valence-electron chi connectivity index (χ4n) is 4.42. The van der Waals surface area contributed by atoms with Crippen LogP contribution < -0.4 is 0 Å². The smallest absolute Gasteiger partial charge is 0.227 e. The first-order valence-electron chi connectivity index (χ1n) is 10.5. The maximum Gasteiger partial charge on any atom is 0.227 e. The number of likely N-dealkylation sites (tertiary alicyclic amines) is 1. The molecule has 1 fully saturated rings. The summed E-state index contributed by atoms with van der Waals surface area (Å²) in [5.74, 6) is 2.24. The Morgan fingerprint density at radius 1 is 1.20 bits per heavy atom. The number of benzene rings is 1. The van der Waals surface area contributed by atoms with Crippen molar-refractivity contribution in [1.29, 1.82) is 0 Å². The SMILES string of the molecule is Cc1nccn1-c1cccc(C2CCCN(C(=O)Cc3c[nH]c4ccccc34)C2)n1. The number of amides is 1. The van der Waals surface area contributed by atoms with Gasteiger partial charge in [0.25, 0.3) is 0 Å². The molecule has 1 aliphatic heterocycles. The number of pyridine rings is 1. The Bertz CT molecular complexity index is 1190. The normalized spacial score (nSPS) is 16.8. The van der Waals surface area contributed by atoms with Gasteiger partial charge in [0.05, 0.1) is 6.42 Å². The number of piperidine rings is 1. The van der Waals surface area contributed by atoms with Crippen LogP contribution in [0.2, 0.25) is 0 Å². The van der Waals surface area contributed by atoms with Crippen molar-refractivity contribution in [3.8, 4) is 5.82 Å². The number of para-hydroxylation sites is 1. The first kappa shape index (κ1) is 18.6. The predicted octanol–water partition coefficient (Wildman–Crippen LogP) is 4.01. The summed E-state index contributed by atoms with van der Waals surface area (Å²) in [6, 6.07) is 14.3. The van der Waals surface area contributed by atoms with E-state index in [1.807, 2.05) is 59.1 Å². The van der Waals surface area contributed by atoms with Crippen LogP contribution in [-0.4, -0.2) is 43.4 Å². The molecule has 5 rings (SSSR count). The molecule has 30 heavy (non-hydrogen) atoms. The third-order valence-corrected chi connectivity index (χ3v) is 6.04. The molecule has 1 saturated heterocycles. The van der Waals surface area contributed by atoms with Crippen LogP contribution in [0.1, 0.15) is 35.8 Å². The molecule has 0 saturated carbocycles. The highest BCUT2D eigenvalue weighted by atomic mass is 16.2. The lowest BCUT2D eigenvalue weighted by Crippen LogP contribution is -2.40. The maximum atomic E-state index is 13.1. The number of fused-ring (bicyclic) bond motifs is 1. The summed E-state index contributed by atoms with van der Waals surface area (Å²) in [6.07, 6.45) is 8.16. The Morgan fingerprint density at radius 3 is 2.97 bits per heavy atom. The minimum absolute atomic E-state index is 0.186. The van der Waals surface area contributed by atoms with Gasteiger partial charge in [-0.15, -0.1) is 0 Å². The van der Waals surface area contributed by atoms with Crippen molar-refractivity contribution < 1.29 is 4.79 Å². The van der Waals surface area contributed by atoms with E-state index in [1.54, 1.807) is 6.20 Å². The second-order valence-electron chi connectivity index (χ2n) is 7.98. The van der Waals surface area contributed by atoms with Gasteiger partial charge in [-0.1, -0.05) is 24.3 Å². The fourth-order valence-corrected chi connectivity index (χ4v) is 4.42. The number of aromatic nitrogens is 4. The molecular weight excluding hydrogens is 374 g/mol. The van der Waals surface area contributed by atoms with E-state index in [9.17, 15) is 4.79 Å². The van der Waals surface area contributed by atoms with E-state index in [1.165, 1.54) is 0 Å². The minimum atomic E-state index is 0.186. The van der Waals surface area contributed by atoms with Crippen LogP contribution >= 0.6 is 0 Å². The van der Waals surface area contributed by atoms with Gasteiger partial charge in [-0.3, -0.25) is 9.36 Å². The highest BCUT2D eigenvalue weighted by Crippen LogP contribution is 2.27. The molecule has 0 bridgehead atoms. The van der Waals surface area contributed by atoms with Crippen LogP contribution in [-0.2, 0) is 11.2 Å². The Kier molecular flexibility index (Phi) is 4.83. The van der Waals surface area contributed by atoms with Gasteiger partial charge >= 0.3 is 0 Å². The molecule has 1 N–H and O–H groups in total. The number of hydrogen-bond donors (Lipinski definition) is 1. The van der Waals surface area contributed by atoms with Crippen molar-refractivity contribution in [3.05, 3.63) is 78.1 Å². The lowest BCUT2D eigenvalue weighted by molar-refractivity contribution is -0.131. The second kappa shape index (κ2) is 7.78. The lowest BCUT2D eigenvalue weighted by Gasteiger charge is -2.32. The van der Waals surface area contributed by atoms with Gasteiger partial charge in [0, 0.05) is 54.2 Å². The van der Waals surface area contributed by atoms with Gasteiger partial charge in [-0.05, 0) is 43.5 Å². The minimum Gasteiger partial charge on any atom is -0.361 e. The number of hydrogen-bond acceptors (Lipinski definition) is 3. The molecule has 152 valence electrons. The number of H-pyrrole nitrogens is 1. The zero-order chi connectivity index (χ0) is 20.5. The first-order chi connectivity index (χ1) is 14.7. The summed E-state index contributed by atoms with van der Waals surface area (Å²) in [6.45, 7) is 3.51. The molecule has 1 atom stereocenters. The van der Waals surface area contributed by atoms with E-state index in [0.717, 1.165) is 59.7 Å². The number of carbonyl (C=O) groups is 1. The molecule has 0 spiro atoms. The van der Waals surface area contributed by atoms with Crippen LogP contribution in [0.4, 0.5) is 0 Å². The topological polar surface area (TPSA) is 66.8 Å². The van der Waals surface area contributed by atoms with E-state index in [-0.39, 0.29) is 11.8 Å². The van der Waals surface area contributed by atoms with Crippen molar-refractivity contribution in [1.82, 2.24) is 24.4 Å². The van der Waals surface area contributed by atoms with Crippen LogP contribution in [0.3, 0.4) is 0 Å². The summed E-state index contributed by atoms with van der Waals surface area (Å²) >= 11 is 0. The summed E-state index contributed by atoms with van der Waals surface area (Å²) < 4.78 is 1.99. The zero-order valence-electron chi connectivity index (χ0n) is 17.1. The summed E-state index contributed by atoms with van der Waals surface area (Å²) in [7, 11) is 0. The van der Waals surface area contributed by atoms with Gasteiger partial charge in [-0.2, -0.15) is 0 Å². The van der Waals surface area contributed by atoms with E-state index in [4.69, 9.17) is 4.98 Å². The van der Waals surface area contributed by atoms with Gasteiger partial charge < -0.3 is 9.88 Å². The Hall–Kier alpha value is -3.41. The van der Waals surface area contributed by atoms with Crippen LogP contribution in [0.25, 0.3) is 16.7 Å². The van der Waals surface area contributed by atoms with E-state index < -0.39 is 0 Å². The van der Waals surface area contributed by atoms with Gasteiger partial charge in [0.2, 0.25) is 5.91 Å². The van der Waals surface area contributed by atoms with Crippen molar-refractivity contribution in [3.63, 3.8) is 0 Å². The number of nitrogens with zero attached hydrogens (tertiary/aromatic N) is 4. The molecule has 3 aromatic heterocycles. The number of rotatable bonds is 4. The monoisotopic (exact) mass is 399 g/mol. The summed E-state index contributed by atoms with van der Waals surface area (Å²) in [5.41, 5.74) is 3.19. The number of carbonyl (C=O) groups excluding carboxylic acids is 1. The molecule has 4 aromatic rings. The Balaban J connectivity index is 1.32. The number of aromatic amines is 1. The first-order valence-corrected chi connectivity index (χ1v) is 10.5. The van der Waals surface area contributed by atoms with Crippen LogP contribution in [0, 0.1) is 6.92 Å². The molecule has 1 aliphatic rings. The van der Waals surface area contributed by atoms with Gasteiger partial charge in [0.1, 0.15) is 11.6 Å².